The van der Waals surface area contributed by atoms with Crippen LogP contribution in [-0.2, 0) is 9.53 Å². The van der Waals surface area contributed by atoms with Gasteiger partial charge in [-0.05, 0) is 12.1 Å². The van der Waals surface area contributed by atoms with Crippen molar-refractivity contribution in [3.05, 3.63) is 36.0 Å². The zero-order valence-corrected chi connectivity index (χ0v) is 11.4. The normalized spacial score (nSPS) is 18.9. The van der Waals surface area contributed by atoms with Gasteiger partial charge in [-0.1, -0.05) is 12.1 Å². The molecule has 6 nitrogen and oxygen atoms in total. The third-order valence-electron chi connectivity index (χ3n) is 3.72. The van der Waals surface area contributed by atoms with Gasteiger partial charge in [-0.15, -0.1) is 0 Å². The summed E-state index contributed by atoms with van der Waals surface area (Å²) in [4.78, 5) is 28.4. The number of aromatic nitrogens is 1. The van der Waals surface area contributed by atoms with Crippen molar-refractivity contribution < 1.29 is 19.4 Å². The highest BCUT2D eigenvalue weighted by Gasteiger charge is 2.30. The molecule has 0 bridgehead atoms. The predicted octanol–water partition coefficient (Wildman–Crippen LogP) is 1.48. The summed E-state index contributed by atoms with van der Waals surface area (Å²) in [6.45, 7) is 1.11. The van der Waals surface area contributed by atoms with Gasteiger partial charge in [0.25, 0.3) is 5.91 Å². The van der Waals surface area contributed by atoms with Crippen molar-refractivity contribution in [3.8, 4) is 0 Å². The summed E-state index contributed by atoms with van der Waals surface area (Å²) in [7, 11) is 0. The molecule has 1 fully saturated rings. The molecule has 110 valence electrons. The molecule has 1 aliphatic rings. The quantitative estimate of drug-likeness (QED) is 0.896. The number of fused-ring (bicyclic) bond motifs is 1. The molecule has 2 aromatic rings. The molecule has 1 amide bonds. The first-order valence-corrected chi connectivity index (χ1v) is 6.83. The number of rotatable bonds is 3. The largest absolute Gasteiger partial charge is 0.481 e. The second kappa shape index (κ2) is 5.57. The number of carbonyl (C=O) groups excluding carboxylic acids is 1. The maximum absolute atomic E-state index is 12.8. The number of aromatic amines is 1. The third kappa shape index (κ3) is 2.62. The molecule has 0 aliphatic carbocycles. The molecule has 1 aromatic heterocycles. The number of hydrogen-bond acceptors (Lipinski definition) is 3. The summed E-state index contributed by atoms with van der Waals surface area (Å²) in [5, 5.41) is 9.94. The predicted molar refractivity (Wildman–Crippen MR) is 76.2 cm³/mol. The molecule has 0 radical (unpaired) electrons. The van der Waals surface area contributed by atoms with Gasteiger partial charge in [0, 0.05) is 18.1 Å². The first-order chi connectivity index (χ1) is 10.2. The average molecular weight is 288 g/mol. The lowest BCUT2D eigenvalue weighted by Gasteiger charge is -2.35. The van der Waals surface area contributed by atoms with Crippen molar-refractivity contribution in [1.82, 2.24) is 9.88 Å². The lowest BCUT2D eigenvalue weighted by atomic mass is 10.1. The lowest BCUT2D eigenvalue weighted by molar-refractivity contribution is -0.139. The first-order valence-electron chi connectivity index (χ1n) is 6.83. The second-order valence-electron chi connectivity index (χ2n) is 5.07. The number of nitrogens with one attached hydrogen (secondary N) is 1. The van der Waals surface area contributed by atoms with E-state index in [9.17, 15) is 9.59 Å². The van der Waals surface area contributed by atoms with Crippen molar-refractivity contribution in [2.75, 3.05) is 19.8 Å². The molecule has 0 spiro atoms. The summed E-state index contributed by atoms with van der Waals surface area (Å²) in [5.74, 6) is -1.08. The minimum absolute atomic E-state index is 0.105. The molecule has 3 rings (SSSR count). The minimum Gasteiger partial charge on any atom is -0.481 e. The van der Waals surface area contributed by atoms with Crippen LogP contribution in [0, 0.1) is 0 Å². The minimum atomic E-state index is -0.929. The van der Waals surface area contributed by atoms with E-state index >= 15 is 0 Å². The number of benzene rings is 1. The first kappa shape index (κ1) is 13.6. The van der Waals surface area contributed by atoms with Gasteiger partial charge in [0.2, 0.25) is 0 Å². The second-order valence-corrected chi connectivity index (χ2v) is 5.07. The number of morpholine rings is 1. The van der Waals surface area contributed by atoms with E-state index in [2.05, 4.69) is 4.98 Å². The Hall–Kier alpha value is -2.34. The molecule has 2 N–H and O–H groups in total. The maximum Gasteiger partial charge on any atom is 0.305 e. The van der Waals surface area contributed by atoms with Gasteiger partial charge >= 0.3 is 5.97 Å². The van der Waals surface area contributed by atoms with Crippen LogP contribution in [0.1, 0.15) is 16.8 Å². The van der Waals surface area contributed by atoms with E-state index in [4.69, 9.17) is 9.84 Å². The Morgan fingerprint density at radius 3 is 3.05 bits per heavy atom. The third-order valence-corrected chi connectivity index (χ3v) is 3.72. The van der Waals surface area contributed by atoms with Crippen molar-refractivity contribution in [2.45, 2.75) is 12.5 Å². The summed E-state index contributed by atoms with van der Waals surface area (Å²) in [6.07, 6.45) is 1.68. The van der Waals surface area contributed by atoms with Gasteiger partial charge in [0.1, 0.15) is 0 Å². The molecular formula is C15H16N2O4. The fraction of sp³-hybridized carbons (Fsp3) is 0.333. The molecule has 1 aliphatic heterocycles. The molecule has 1 aromatic carbocycles. The summed E-state index contributed by atoms with van der Waals surface area (Å²) < 4.78 is 5.31. The smallest absolute Gasteiger partial charge is 0.305 e. The number of nitrogens with zero attached hydrogens (tertiary/aromatic N) is 1. The zero-order chi connectivity index (χ0) is 14.8. The van der Waals surface area contributed by atoms with Crippen LogP contribution < -0.4 is 0 Å². The van der Waals surface area contributed by atoms with E-state index < -0.39 is 12.0 Å². The highest BCUT2D eigenvalue weighted by atomic mass is 16.5. The molecule has 1 saturated heterocycles. The van der Waals surface area contributed by atoms with Crippen LogP contribution in [0.2, 0.25) is 0 Å². The van der Waals surface area contributed by atoms with Crippen LogP contribution in [0.3, 0.4) is 0 Å². The highest BCUT2D eigenvalue weighted by Crippen LogP contribution is 2.21. The van der Waals surface area contributed by atoms with Crippen molar-refractivity contribution in [2.24, 2.45) is 0 Å². The Morgan fingerprint density at radius 1 is 1.38 bits per heavy atom. The molecule has 21 heavy (non-hydrogen) atoms. The molecule has 0 saturated carbocycles. The van der Waals surface area contributed by atoms with Gasteiger partial charge in [-0.3, -0.25) is 9.59 Å². The number of hydrogen-bond donors (Lipinski definition) is 2. The van der Waals surface area contributed by atoms with Gasteiger partial charge in [0.15, 0.2) is 0 Å². The Bertz CT molecular complexity index is 679. The fourth-order valence-electron chi connectivity index (χ4n) is 2.71. The van der Waals surface area contributed by atoms with Crippen molar-refractivity contribution >= 4 is 22.8 Å². The molecule has 6 heteroatoms. The van der Waals surface area contributed by atoms with Crippen LogP contribution in [-0.4, -0.2) is 52.7 Å². The number of H-pyrrole nitrogens is 1. The number of carboxylic acid groups (broad SMARTS) is 1. The fourth-order valence-corrected chi connectivity index (χ4v) is 2.71. The average Bonchev–Trinajstić information content (AvgIpc) is 2.95. The topological polar surface area (TPSA) is 82.6 Å². The summed E-state index contributed by atoms with van der Waals surface area (Å²) in [6, 6.07) is 7.00. The molecule has 1 atom stereocenters. The SMILES string of the molecule is O=C(O)CC1COCCN1C(=O)c1cccc2cc[nH]c12. The number of amides is 1. The Balaban J connectivity index is 1.92. The number of carboxylic acids is 1. The van der Waals surface area contributed by atoms with Crippen molar-refractivity contribution in [3.63, 3.8) is 0 Å². The Morgan fingerprint density at radius 2 is 2.24 bits per heavy atom. The van der Waals surface area contributed by atoms with E-state index in [-0.39, 0.29) is 18.9 Å². The number of ether oxygens (including phenoxy) is 1. The van der Waals surface area contributed by atoms with Crippen molar-refractivity contribution in [1.29, 1.82) is 0 Å². The Kier molecular flexibility index (Phi) is 3.62. The monoisotopic (exact) mass is 288 g/mol. The van der Waals surface area contributed by atoms with E-state index in [1.807, 2.05) is 18.2 Å². The van der Waals surface area contributed by atoms with E-state index in [1.54, 1.807) is 17.2 Å². The molecule has 1 unspecified atom stereocenters. The van der Waals surface area contributed by atoms with E-state index in [0.29, 0.717) is 18.7 Å². The lowest BCUT2D eigenvalue weighted by Crippen LogP contribution is -2.49. The van der Waals surface area contributed by atoms with Gasteiger partial charge in [0.05, 0.1) is 36.8 Å². The zero-order valence-electron chi connectivity index (χ0n) is 11.4. The molecule has 2 heterocycles. The number of para-hydroxylation sites is 1. The van der Waals surface area contributed by atoms with Crippen LogP contribution in [0.15, 0.2) is 30.5 Å². The van der Waals surface area contributed by atoms with Gasteiger partial charge in [-0.25, -0.2) is 0 Å². The van der Waals surface area contributed by atoms with Gasteiger partial charge in [-0.2, -0.15) is 0 Å². The Labute approximate surface area is 121 Å². The summed E-state index contributed by atoms with van der Waals surface area (Å²) >= 11 is 0. The number of aliphatic carboxylic acids is 1. The number of carbonyl (C=O) groups is 2. The highest BCUT2D eigenvalue weighted by molar-refractivity contribution is 6.05. The summed E-state index contributed by atoms with van der Waals surface area (Å²) in [5.41, 5.74) is 1.35. The van der Waals surface area contributed by atoms with Crippen LogP contribution in [0.25, 0.3) is 10.9 Å². The van der Waals surface area contributed by atoms with Crippen LogP contribution in [0.4, 0.5) is 0 Å². The van der Waals surface area contributed by atoms with Crippen LogP contribution in [0.5, 0.6) is 0 Å². The molecular weight excluding hydrogens is 272 g/mol. The van der Waals surface area contributed by atoms with E-state index in [0.717, 1.165) is 10.9 Å². The van der Waals surface area contributed by atoms with E-state index in [1.165, 1.54) is 0 Å². The van der Waals surface area contributed by atoms with Crippen LogP contribution >= 0.6 is 0 Å². The standard InChI is InChI=1S/C15H16N2O4/c18-13(19)8-11-9-21-7-6-17(11)15(20)12-3-1-2-10-4-5-16-14(10)12/h1-5,11,16H,6-9H2,(H,18,19). The van der Waals surface area contributed by atoms with Gasteiger partial charge < -0.3 is 19.7 Å². The maximum atomic E-state index is 12.8.